The Morgan fingerprint density at radius 1 is 1.37 bits per heavy atom. The van der Waals surface area contributed by atoms with Gasteiger partial charge in [0.05, 0.1) is 0 Å². The number of hydrogen-bond donors (Lipinski definition) is 3. The minimum absolute atomic E-state index is 0.238. The molecule has 2 aliphatic rings. The van der Waals surface area contributed by atoms with E-state index in [9.17, 15) is 41.1 Å². The summed E-state index contributed by atoms with van der Waals surface area (Å²) >= 11 is 5.27. The molecule has 152 valence electrons. The largest absolute Gasteiger partial charge is 0.477 e. The molecule has 2 heterocycles. The van der Waals surface area contributed by atoms with Gasteiger partial charge in [0.25, 0.3) is 5.91 Å². The normalized spacial score (nSPS) is 25.7. The molecule has 3 atom stereocenters. The van der Waals surface area contributed by atoms with Crippen LogP contribution in [0.25, 0.3) is 0 Å². The van der Waals surface area contributed by atoms with Crippen molar-refractivity contribution in [2.75, 3.05) is 17.3 Å². The molecule has 0 radical (unpaired) electrons. The lowest BCUT2D eigenvalue weighted by Crippen LogP contribution is -2.71. The van der Waals surface area contributed by atoms with Crippen LogP contribution in [0.4, 0.5) is 13.2 Å². The summed E-state index contributed by atoms with van der Waals surface area (Å²) in [5.41, 5.74) is 0.183. The van der Waals surface area contributed by atoms with E-state index in [0.29, 0.717) is 5.57 Å². The number of carbonyl (C=O) groups excluding carboxylic acids is 2. The molecule has 2 N–H and O–H groups in total. The number of amides is 2. The quantitative estimate of drug-likeness (QED) is 0.387. The molecule has 0 saturated carbocycles. The Labute approximate surface area is 161 Å². The molecular formula is C13H15F3N2O6S3. The molecule has 2 unspecified atom stereocenters. The first-order chi connectivity index (χ1) is 12.3. The Hall–Kier alpha value is -1.41. The maximum Gasteiger partial charge on any atom is 0.402 e. The number of alkyl halides is 3. The van der Waals surface area contributed by atoms with Gasteiger partial charge in [-0.15, -0.1) is 11.8 Å². The predicted molar refractivity (Wildman–Crippen MR) is 92.8 cm³/mol. The zero-order valence-electron chi connectivity index (χ0n) is 13.7. The van der Waals surface area contributed by atoms with Gasteiger partial charge in [0, 0.05) is 11.0 Å². The van der Waals surface area contributed by atoms with Crippen LogP contribution in [0.2, 0.25) is 0 Å². The van der Waals surface area contributed by atoms with Gasteiger partial charge in [0.1, 0.15) is 28.6 Å². The average molecular weight is 448 g/mol. The van der Waals surface area contributed by atoms with Crippen molar-refractivity contribution in [1.29, 1.82) is 0 Å². The lowest BCUT2D eigenvalue weighted by Gasteiger charge is -2.51. The molecule has 0 bridgehead atoms. The molecule has 8 nitrogen and oxygen atoms in total. The van der Waals surface area contributed by atoms with Crippen LogP contribution in [0.3, 0.4) is 0 Å². The zero-order chi connectivity index (χ0) is 20.7. The number of carbonyl (C=O) groups is 3. The molecule has 2 amide bonds. The maximum atomic E-state index is 12.2. The Bertz CT molecular complexity index is 811. The highest BCUT2D eigenvalue weighted by Gasteiger charge is 2.55. The van der Waals surface area contributed by atoms with E-state index < -0.39 is 56.7 Å². The lowest BCUT2D eigenvalue weighted by atomic mass is 10.0. The van der Waals surface area contributed by atoms with Gasteiger partial charge in [0.2, 0.25) is 5.91 Å². The highest BCUT2D eigenvalue weighted by molar-refractivity contribution is 8.01. The number of nitrogens with zero attached hydrogens (tertiary/aromatic N) is 1. The Balaban J connectivity index is 2.12. The number of carboxylic acid groups (broad SMARTS) is 1. The number of fused-ring (bicyclic) bond motifs is 1. The molecule has 1 fully saturated rings. The van der Waals surface area contributed by atoms with Gasteiger partial charge in [-0.25, -0.2) is 13.2 Å². The third kappa shape index (κ3) is 4.71. The summed E-state index contributed by atoms with van der Waals surface area (Å²) in [5, 5.41) is 10.3. The molecule has 0 spiro atoms. The lowest BCUT2D eigenvalue weighted by molar-refractivity contribution is -0.150. The Morgan fingerprint density at radius 2 is 1.96 bits per heavy atom. The number of hydrogen-bond acceptors (Lipinski definition) is 7. The fraction of sp³-hybridized carbons (Fsp3) is 0.615. The van der Waals surface area contributed by atoms with Crippen molar-refractivity contribution in [3.05, 3.63) is 11.3 Å². The van der Waals surface area contributed by atoms with Crippen LogP contribution < -0.4 is 5.32 Å². The van der Waals surface area contributed by atoms with E-state index >= 15 is 0 Å². The molecule has 14 heteroatoms. The summed E-state index contributed by atoms with van der Waals surface area (Å²) in [6, 6.07) is -1.23. The number of aliphatic carboxylic acids is 1. The number of carboxylic acids is 1. The predicted octanol–water partition coefficient (Wildman–Crippen LogP) is 0.0204. The monoisotopic (exact) mass is 448 g/mol. The Kier molecular flexibility index (Phi) is 6.11. The van der Waals surface area contributed by atoms with E-state index in [4.69, 9.17) is 0 Å². The molecule has 0 aromatic heterocycles. The van der Waals surface area contributed by atoms with Crippen molar-refractivity contribution in [2.24, 2.45) is 0 Å². The van der Waals surface area contributed by atoms with Crippen LogP contribution in [0.15, 0.2) is 11.3 Å². The number of β-lactam (4-membered cyclic amide) rings is 1. The summed E-state index contributed by atoms with van der Waals surface area (Å²) in [5.74, 6) is -6.69. The van der Waals surface area contributed by atoms with E-state index in [1.54, 1.807) is 0 Å². The van der Waals surface area contributed by atoms with Crippen LogP contribution in [0, 0.1) is 0 Å². The highest BCUT2D eigenvalue weighted by atomic mass is 32.2. The van der Waals surface area contributed by atoms with E-state index in [2.05, 4.69) is 17.9 Å². The average Bonchev–Trinajstić information content (AvgIpc) is 2.48. The third-order valence-electron chi connectivity index (χ3n) is 3.86. The van der Waals surface area contributed by atoms with Crippen molar-refractivity contribution in [3.8, 4) is 0 Å². The van der Waals surface area contributed by atoms with Crippen molar-refractivity contribution < 1.29 is 41.1 Å². The summed E-state index contributed by atoms with van der Waals surface area (Å²) < 4.78 is 59.5. The van der Waals surface area contributed by atoms with Crippen LogP contribution in [0.1, 0.15) is 6.92 Å². The van der Waals surface area contributed by atoms with Gasteiger partial charge >= 0.3 is 12.1 Å². The van der Waals surface area contributed by atoms with Gasteiger partial charge in [-0.05, 0) is 12.5 Å². The maximum absolute atomic E-state index is 12.2. The number of sulfone groups is 1. The molecule has 2 aliphatic heterocycles. The van der Waals surface area contributed by atoms with E-state index in [-0.39, 0.29) is 16.7 Å². The second-order valence-electron chi connectivity index (χ2n) is 5.94. The molecule has 0 aliphatic carbocycles. The second-order valence-corrected chi connectivity index (χ2v) is 9.69. The van der Waals surface area contributed by atoms with Crippen molar-refractivity contribution in [3.63, 3.8) is 0 Å². The number of rotatable bonds is 6. The first-order valence-electron chi connectivity index (χ1n) is 7.37. The summed E-state index contributed by atoms with van der Waals surface area (Å²) in [6.45, 7) is 1.54. The standard InChI is InChI=1S/C13H15F3N2O6S3/c1-5-6(2-25)26-11-8(10(20)18(11)9(5)12(21)22)17-7(19)3-27(23,24)4-13(14,15)16/h6,8,11,25H,2-4H2,1H3,(H,17,19)(H,21,22)/t6?,8?,11-/m1/s1. The fourth-order valence-electron chi connectivity index (χ4n) is 2.75. The second kappa shape index (κ2) is 7.54. The topological polar surface area (TPSA) is 121 Å². The van der Waals surface area contributed by atoms with E-state index in [1.165, 1.54) is 6.92 Å². The minimum atomic E-state index is -4.99. The first-order valence-corrected chi connectivity index (χ1v) is 10.8. The van der Waals surface area contributed by atoms with Gasteiger partial charge < -0.3 is 10.4 Å². The van der Waals surface area contributed by atoms with Crippen molar-refractivity contribution in [2.45, 2.75) is 29.8 Å². The van der Waals surface area contributed by atoms with Gasteiger partial charge in [-0.1, -0.05) is 0 Å². The minimum Gasteiger partial charge on any atom is -0.477 e. The van der Waals surface area contributed by atoms with Crippen molar-refractivity contribution in [1.82, 2.24) is 10.2 Å². The molecule has 0 aromatic rings. The first kappa shape index (κ1) is 21.9. The summed E-state index contributed by atoms with van der Waals surface area (Å²) in [6.07, 6.45) is -4.99. The molecule has 2 rings (SSSR count). The van der Waals surface area contributed by atoms with Crippen LogP contribution >= 0.6 is 24.4 Å². The summed E-state index contributed by atoms with van der Waals surface area (Å²) in [4.78, 5) is 36.5. The molecular weight excluding hydrogens is 433 g/mol. The third-order valence-corrected chi connectivity index (χ3v) is 7.56. The fourth-order valence-corrected chi connectivity index (χ4v) is 5.78. The number of thiol groups is 1. The van der Waals surface area contributed by atoms with Crippen LogP contribution in [-0.2, 0) is 24.2 Å². The van der Waals surface area contributed by atoms with Crippen LogP contribution in [0.5, 0.6) is 0 Å². The van der Waals surface area contributed by atoms with E-state index in [1.807, 2.05) is 0 Å². The number of thioether (sulfide) groups is 1. The van der Waals surface area contributed by atoms with Gasteiger partial charge in [0.15, 0.2) is 9.84 Å². The smallest absolute Gasteiger partial charge is 0.402 e. The van der Waals surface area contributed by atoms with Gasteiger partial charge in [-0.3, -0.25) is 14.5 Å². The molecule has 0 aromatic carbocycles. The zero-order valence-corrected chi connectivity index (χ0v) is 16.2. The van der Waals surface area contributed by atoms with Crippen LogP contribution in [-0.4, -0.2) is 76.3 Å². The van der Waals surface area contributed by atoms with Gasteiger partial charge in [-0.2, -0.15) is 25.8 Å². The number of nitrogens with one attached hydrogen (secondary N) is 1. The SMILES string of the molecule is CC1=C(C(=O)O)N2C(=O)C(NC(=O)CS(=O)(=O)CC(F)(F)F)[C@H]2SC1CS. The molecule has 27 heavy (non-hydrogen) atoms. The summed E-state index contributed by atoms with van der Waals surface area (Å²) in [7, 11) is -4.75. The number of halogens is 3. The Morgan fingerprint density at radius 3 is 2.44 bits per heavy atom. The van der Waals surface area contributed by atoms with Crippen molar-refractivity contribution >= 4 is 52.0 Å². The molecule has 1 saturated heterocycles. The van der Waals surface area contributed by atoms with E-state index in [0.717, 1.165) is 16.7 Å². The highest BCUT2D eigenvalue weighted by Crippen LogP contribution is 2.44.